The van der Waals surface area contributed by atoms with Crippen LogP contribution in [0.3, 0.4) is 0 Å². The van der Waals surface area contributed by atoms with Crippen molar-refractivity contribution in [3.05, 3.63) is 45.0 Å². The fourth-order valence-corrected chi connectivity index (χ4v) is 4.00. The van der Waals surface area contributed by atoms with E-state index in [4.69, 9.17) is 28.2 Å². The summed E-state index contributed by atoms with van der Waals surface area (Å²) in [7, 11) is 0. The Hall–Kier alpha value is -1.22. The Morgan fingerprint density at radius 1 is 1.27 bits per heavy atom. The number of rotatable bonds is 5. The number of aromatic nitrogens is 4. The molecule has 2 heterocycles. The van der Waals surface area contributed by atoms with Crippen LogP contribution in [0.1, 0.15) is 18.7 Å². The molecule has 0 fully saturated rings. The molecule has 2 aromatic heterocycles. The van der Waals surface area contributed by atoms with E-state index in [1.165, 1.54) is 23.1 Å². The zero-order valence-corrected chi connectivity index (χ0v) is 14.7. The van der Waals surface area contributed by atoms with E-state index < -0.39 is 0 Å². The highest BCUT2D eigenvalue weighted by molar-refractivity contribution is 8.00. The number of thioether (sulfide) groups is 1. The summed E-state index contributed by atoms with van der Waals surface area (Å²) >= 11 is 14.2. The fraction of sp³-hybridized carbons (Fsp3) is 0.231. The van der Waals surface area contributed by atoms with Gasteiger partial charge in [-0.3, -0.25) is 0 Å². The summed E-state index contributed by atoms with van der Waals surface area (Å²) in [6.45, 7) is 1.98. The van der Waals surface area contributed by atoms with E-state index in [9.17, 15) is 0 Å². The van der Waals surface area contributed by atoms with Crippen LogP contribution in [-0.2, 0) is 12.2 Å². The van der Waals surface area contributed by atoms with Crippen molar-refractivity contribution in [2.45, 2.75) is 23.4 Å². The molecule has 22 heavy (non-hydrogen) atoms. The molecule has 0 unspecified atom stereocenters. The Balaban J connectivity index is 1.74. The van der Waals surface area contributed by atoms with Crippen molar-refractivity contribution in [3.63, 3.8) is 0 Å². The van der Waals surface area contributed by atoms with Gasteiger partial charge in [0.05, 0.1) is 11.4 Å². The van der Waals surface area contributed by atoms with Crippen molar-refractivity contribution >= 4 is 46.9 Å². The van der Waals surface area contributed by atoms with Gasteiger partial charge in [0.1, 0.15) is 0 Å². The van der Waals surface area contributed by atoms with Gasteiger partial charge >= 0.3 is 0 Å². The number of benzene rings is 1. The molecular formula is C13H11ClN4OS3. The maximum atomic E-state index is 5.90. The SMILES string of the molecule is CCc1nnc(CSc2nn(-c3ccc(Cl)cc3)c(=S)s2)o1. The Labute approximate surface area is 145 Å². The summed E-state index contributed by atoms with van der Waals surface area (Å²) in [5.74, 6) is 1.83. The van der Waals surface area contributed by atoms with E-state index in [0.717, 1.165) is 16.4 Å². The molecule has 3 rings (SSSR count). The first-order chi connectivity index (χ1) is 10.7. The van der Waals surface area contributed by atoms with Crippen LogP contribution in [0.2, 0.25) is 5.02 Å². The predicted octanol–water partition coefficient (Wildman–Crippen LogP) is 4.55. The molecule has 0 atom stereocenters. The van der Waals surface area contributed by atoms with Gasteiger partial charge in [-0.05, 0) is 36.5 Å². The summed E-state index contributed by atoms with van der Waals surface area (Å²) in [5.41, 5.74) is 0.892. The lowest BCUT2D eigenvalue weighted by atomic mass is 10.3. The molecule has 3 aromatic rings. The minimum atomic E-state index is 0.579. The van der Waals surface area contributed by atoms with Crippen LogP contribution in [-0.4, -0.2) is 20.0 Å². The zero-order valence-electron chi connectivity index (χ0n) is 11.5. The second-order valence-electron chi connectivity index (χ2n) is 4.25. The maximum absolute atomic E-state index is 5.90. The monoisotopic (exact) mass is 370 g/mol. The highest BCUT2D eigenvalue weighted by Crippen LogP contribution is 2.27. The molecule has 0 bridgehead atoms. The van der Waals surface area contributed by atoms with E-state index in [1.807, 2.05) is 31.2 Å². The minimum Gasteiger partial charge on any atom is -0.424 e. The van der Waals surface area contributed by atoms with Crippen LogP contribution >= 0.6 is 46.9 Å². The average molecular weight is 371 g/mol. The highest BCUT2D eigenvalue weighted by atomic mass is 35.5. The van der Waals surface area contributed by atoms with Crippen LogP contribution in [0.15, 0.2) is 33.0 Å². The third-order valence-corrected chi connectivity index (χ3v) is 5.33. The van der Waals surface area contributed by atoms with Crippen molar-refractivity contribution in [2.24, 2.45) is 0 Å². The Morgan fingerprint density at radius 3 is 2.68 bits per heavy atom. The largest absolute Gasteiger partial charge is 0.424 e. The third kappa shape index (κ3) is 3.57. The molecule has 0 amide bonds. The van der Waals surface area contributed by atoms with Gasteiger partial charge in [-0.25, -0.2) is 4.68 Å². The number of hydrogen-bond acceptors (Lipinski definition) is 7. The van der Waals surface area contributed by atoms with E-state index in [0.29, 0.717) is 26.5 Å². The lowest BCUT2D eigenvalue weighted by molar-refractivity contribution is 0.470. The van der Waals surface area contributed by atoms with Crippen LogP contribution in [0.25, 0.3) is 5.69 Å². The van der Waals surface area contributed by atoms with Gasteiger partial charge in [0.15, 0.2) is 8.29 Å². The number of nitrogens with zero attached hydrogens (tertiary/aromatic N) is 4. The second-order valence-corrected chi connectivity index (χ2v) is 7.54. The van der Waals surface area contributed by atoms with E-state index in [-0.39, 0.29) is 0 Å². The van der Waals surface area contributed by atoms with Gasteiger partial charge in [-0.15, -0.1) is 15.3 Å². The fourth-order valence-electron chi connectivity index (χ4n) is 1.68. The van der Waals surface area contributed by atoms with Crippen LogP contribution < -0.4 is 0 Å². The van der Waals surface area contributed by atoms with Crippen LogP contribution in [0, 0.1) is 3.95 Å². The van der Waals surface area contributed by atoms with Crippen LogP contribution in [0.5, 0.6) is 0 Å². The van der Waals surface area contributed by atoms with Crippen molar-refractivity contribution in [1.82, 2.24) is 20.0 Å². The zero-order chi connectivity index (χ0) is 15.5. The molecule has 0 saturated heterocycles. The quantitative estimate of drug-likeness (QED) is 0.485. The maximum Gasteiger partial charge on any atom is 0.226 e. The second kappa shape index (κ2) is 6.91. The van der Waals surface area contributed by atoms with Crippen molar-refractivity contribution in [3.8, 4) is 5.69 Å². The number of aryl methyl sites for hydroxylation is 1. The van der Waals surface area contributed by atoms with Crippen molar-refractivity contribution in [1.29, 1.82) is 0 Å². The molecule has 0 aliphatic carbocycles. The molecule has 114 valence electrons. The standard InChI is InChI=1S/C13H11ClN4OS3/c1-2-10-15-16-11(19-10)7-21-12-17-18(13(20)22-12)9-5-3-8(14)4-6-9/h3-6H,2,7H2,1H3. The number of hydrogen-bond donors (Lipinski definition) is 0. The first-order valence-corrected chi connectivity index (χ1v) is 9.04. The molecular weight excluding hydrogens is 360 g/mol. The van der Waals surface area contributed by atoms with Gasteiger partial charge in [0, 0.05) is 11.4 Å². The molecule has 0 aliphatic rings. The van der Waals surface area contributed by atoms with E-state index in [1.54, 1.807) is 4.68 Å². The Bertz CT molecular complexity index is 824. The molecule has 0 spiro atoms. The normalized spacial score (nSPS) is 11.0. The number of halogens is 1. The average Bonchev–Trinajstić information content (AvgIpc) is 3.12. The lowest BCUT2D eigenvalue weighted by Crippen LogP contribution is -1.95. The van der Waals surface area contributed by atoms with Crippen molar-refractivity contribution in [2.75, 3.05) is 0 Å². The van der Waals surface area contributed by atoms with Gasteiger partial charge in [0.2, 0.25) is 11.8 Å². The summed E-state index contributed by atoms with van der Waals surface area (Å²) < 4.78 is 8.74. The minimum absolute atomic E-state index is 0.579. The summed E-state index contributed by atoms with van der Waals surface area (Å²) in [4.78, 5) is 0. The predicted molar refractivity (Wildman–Crippen MR) is 90.5 cm³/mol. The smallest absolute Gasteiger partial charge is 0.226 e. The van der Waals surface area contributed by atoms with E-state index >= 15 is 0 Å². The summed E-state index contributed by atoms with van der Waals surface area (Å²) in [5, 5.41) is 13.1. The Kier molecular flexibility index (Phi) is 4.92. The third-order valence-electron chi connectivity index (χ3n) is 2.73. The Morgan fingerprint density at radius 2 is 2.00 bits per heavy atom. The van der Waals surface area contributed by atoms with Crippen molar-refractivity contribution < 1.29 is 4.42 Å². The first-order valence-electron chi connectivity index (χ1n) is 6.46. The molecule has 5 nitrogen and oxygen atoms in total. The van der Waals surface area contributed by atoms with Gasteiger partial charge < -0.3 is 4.42 Å². The molecule has 0 saturated carbocycles. The van der Waals surface area contributed by atoms with Gasteiger partial charge in [-0.2, -0.15) is 0 Å². The topological polar surface area (TPSA) is 56.7 Å². The van der Waals surface area contributed by atoms with Gasteiger partial charge in [-0.1, -0.05) is 41.6 Å². The molecule has 0 radical (unpaired) electrons. The first kappa shape index (κ1) is 15.7. The molecule has 0 aliphatic heterocycles. The summed E-state index contributed by atoms with van der Waals surface area (Å²) in [6.07, 6.45) is 0.738. The molecule has 0 N–H and O–H groups in total. The molecule has 1 aromatic carbocycles. The highest BCUT2D eigenvalue weighted by Gasteiger charge is 2.10. The molecule has 9 heteroatoms. The van der Waals surface area contributed by atoms with Gasteiger partial charge in [0.25, 0.3) is 0 Å². The van der Waals surface area contributed by atoms with E-state index in [2.05, 4.69) is 15.3 Å². The summed E-state index contributed by atoms with van der Waals surface area (Å²) in [6, 6.07) is 7.40. The van der Waals surface area contributed by atoms with Crippen LogP contribution in [0.4, 0.5) is 0 Å². The lowest BCUT2D eigenvalue weighted by Gasteiger charge is -1.99.